The van der Waals surface area contributed by atoms with Crippen molar-refractivity contribution in [3.8, 4) is 0 Å². The molecule has 114 valence electrons. The van der Waals surface area contributed by atoms with Crippen LogP contribution in [0.15, 0.2) is 24.3 Å². The highest BCUT2D eigenvalue weighted by molar-refractivity contribution is 7.89. The van der Waals surface area contributed by atoms with Gasteiger partial charge in [0.2, 0.25) is 10.0 Å². The summed E-state index contributed by atoms with van der Waals surface area (Å²) in [4.78, 5) is 0. The number of benzene rings is 1. The summed E-state index contributed by atoms with van der Waals surface area (Å²) in [5, 5.41) is 0. The molecule has 0 aliphatic rings. The molecular weight excluding hydrogens is 293 g/mol. The van der Waals surface area contributed by atoms with Crippen LogP contribution in [0.5, 0.6) is 0 Å². The maximum absolute atomic E-state index is 12.0. The number of hydrogen-bond donors (Lipinski definition) is 2. The minimum Gasteiger partial charge on any atom is -0.399 e. The van der Waals surface area contributed by atoms with Gasteiger partial charge in [-0.05, 0) is 31.0 Å². The highest BCUT2D eigenvalue weighted by Crippen LogP contribution is 2.22. The van der Waals surface area contributed by atoms with Gasteiger partial charge in [-0.25, -0.2) is 13.1 Å². The first-order valence-corrected chi connectivity index (χ1v) is 7.66. The summed E-state index contributed by atoms with van der Waals surface area (Å²) in [6, 6.07) is 6.07. The number of sulfonamides is 1. The summed E-state index contributed by atoms with van der Waals surface area (Å²) >= 11 is 0. The second-order valence-electron chi connectivity index (χ2n) is 4.54. The zero-order valence-corrected chi connectivity index (χ0v) is 11.8. The fraction of sp³-hybridized carbons (Fsp3) is 0.500. The molecular formula is C12H17F3N2O2S. The zero-order chi connectivity index (χ0) is 15.4. The van der Waals surface area contributed by atoms with Gasteiger partial charge in [0.25, 0.3) is 0 Å². The summed E-state index contributed by atoms with van der Waals surface area (Å²) in [5.41, 5.74) is 6.76. The van der Waals surface area contributed by atoms with Crippen LogP contribution in [-0.4, -0.2) is 20.3 Å². The van der Waals surface area contributed by atoms with E-state index in [1.807, 2.05) is 0 Å². The summed E-state index contributed by atoms with van der Waals surface area (Å²) in [6.07, 6.45) is -5.89. The largest absolute Gasteiger partial charge is 0.399 e. The van der Waals surface area contributed by atoms with Gasteiger partial charge in [0.15, 0.2) is 0 Å². The highest BCUT2D eigenvalue weighted by atomic mass is 32.2. The number of anilines is 1. The van der Waals surface area contributed by atoms with Crippen LogP contribution < -0.4 is 10.5 Å². The lowest BCUT2D eigenvalue weighted by molar-refractivity contribution is -0.134. The Morgan fingerprint density at radius 1 is 1.25 bits per heavy atom. The SMILES string of the molecule is CC(NS(=O)(=O)CCCC(F)(F)F)c1ccc(N)cc1. The van der Waals surface area contributed by atoms with Gasteiger partial charge in [-0.3, -0.25) is 0 Å². The minimum absolute atomic E-state index is 0.451. The fourth-order valence-corrected chi connectivity index (χ4v) is 2.96. The van der Waals surface area contributed by atoms with E-state index in [0.717, 1.165) is 0 Å². The molecule has 0 fully saturated rings. The Bertz CT molecular complexity index is 527. The molecule has 20 heavy (non-hydrogen) atoms. The second-order valence-corrected chi connectivity index (χ2v) is 6.42. The first-order valence-electron chi connectivity index (χ1n) is 6.01. The topological polar surface area (TPSA) is 72.2 Å². The maximum Gasteiger partial charge on any atom is 0.389 e. The van der Waals surface area contributed by atoms with Crippen molar-refractivity contribution >= 4 is 15.7 Å². The molecule has 0 aromatic heterocycles. The van der Waals surface area contributed by atoms with Gasteiger partial charge in [0.05, 0.1) is 5.75 Å². The van der Waals surface area contributed by atoms with Gasteiger partial charge in [-0.15, -0.1) is 0 Å². The average Bonchev–Trinajstić information content (AvgIpc) is 2.26. The van der Waals surface area contributed by atoms with Crippen molar-refractivity contribution in [2.45, 2.75) is 32.0 Å². The predicted molar refractivity (Wildman–Crippen MR) is 71.5 cm³/mol. The molecule has 0 spiro atoms. The quantitative estimate of drug-likeness (QED) is 0.793. The number of halogens is 3. The molecule has 1 atom stereocenters. The average molecular weight is 310 g/mol. The van der Waals surface area contributed by atoms with E-state index in [1.165, 1.54) is 0 Å². The van der Waals surface area contributed by atoms with E-state index in [-0.39, 0.29) is 0 Å². The zero-order valence-electron chi connectivity index (χ0n) is 10.9. The Morgan fingerprint density at radius 2 is 1.80 bits per heavy atom. The van der Waals surface area contributed by atoms with Crippen LogP contribution in [0.2, 0.25) is 0 Å². The van der Waals surface area contributed by atoms with E-state index >= 15 is 0 Å². The molecule has 0 heterocycles. The molecule has 0 radical (unpaired) electrons. The van der Waals surface area contributed by atoms with Crippen LogP contribution >= 0.6 is 0 Å². The van der Waals surface area contributed by atoms with Crippen LogP contribution in [-0.2, 0) is 10.0 Å². The Labute approximate surface area is 116 Å². The molecule has 4 nitrogen and oxygen atoms in total. The van der Waals surface area contributed by atoms with E-state index in [4.69, 9.17) is 5.73 Å². The van der Waals surface area contributed by atoms with Gasteiger partial charge in [0.1, 0.15) is 0 Å². The lowest BCUT2D eigenvalue weighted by Gasteiger charge is -2.15. The molecule has 0 saturated heterocycles. The fourth-order valence-electron chi connectivity index (χ4n) is 1.64. The van der Waals surface area contributed by atoms with E-state index < -0.39 is 40.8 Å². The smallest absolute Gasteiger partial charge is 0.389 e. The standard InChI is InChI=1S/C12H17F3N2O2S/c1-9(10-3-5-11(16)6-4-10)17-20(18,19)8-2-7-12(13,14)15/h3-6,9,17H,2,7-8,16H2,1H3. The van der Waals surface area contributed by atoms with Gasteiger partial charge in [-0.1, -0.05) is 12.1 Å². The molecule has 0 saturated carbocycles. The van der Waals surface area contributed by atoms with Crippen molar-refractivity contribution in [2.75, 3.05) is 11.5 Å². The molecule has 0 amide bonds. The monoisotopic (exact) mass is 310 g/mol. The van der Waals surface area contributed by atoms with E-state index in [0.29, 0.717) is 11.3 Å². The van der Waals surface area contributed by atoms with Crippen LogP contribution in [0.1, 0.15) is 31.4 Å². The molecule has 0 aliphatic carbocycles. The molecule has 1 aromatic carbocycles. The Balaban J connectivity index is 2.55. The number of nitrogens with two attached hydrogens (primary N) is 1. The number of rotatable bonds is 6. The van der Waals surface area contributed by atoms with Crippen LogP contribution in [0.3, 0.4) is 0 Å². The number of hydrogen-bond acceptors (Lipinski definition) is 3. The molecule has 0 bridgehead atoms. The van der Waals surface area contributed by atoms with Gasteiger partial charge in [-0.2, -0.15) is 13.2 Å². The van der Waals surface area contributed by atoms with E-state index in [2.05, 4.69) is 4.72 Å². The van der Waals surface area contributed by atoms with Crippen molar-refractivity contribution in [3.05, 3.63) is 29.8 Å². The van der Waals surface area contributed by atoms with Crippen LogP contribution in [0.4, 0.5) is 18.9 Å². The molecule has 1 aromatic rings. The van der Waals surface area contributed by atoms with Crippen molar-refractivity contribution in [3.63, 3.8) is 0 Å². The lowest BCUT2D eigenvalue weighted by atomic mass is 10.1. The number of alkyl halides is 3. The Morgan fingerprint density at radius 3 is 2.30 bits per heavy atom. The highest BCUT2D eigenvalue weighted by Gasteiger charge is 2.27. The van der Waals surface area contributed by atoms with Crippen molar-refractivity contribution in [2.24, 2.45) is 0 Å². The van der Waals surface area contributed by atoms with Crippen LogP contribution in [0, 0.1) is 0 Å². The van der Waals surface area contributed by atoms with Gasteiger partial charge in [0, 0.05) is 18.2 Å². The number of nitrogens with one attached hydrogen (secondary N) is 1. The molecule has 0 aliphatic heterocycles. The summed E-state index contributed by atoms with van der Waals surface area (Å²) in [5.74, 6) is -0.550. The van der Waals surface area contributed by atoms with Crippen molar-refractivity contribution in [1.29, 1.82) is 0 Å². The molecule has 1 rings (SSSR count). The first-order chi connectivity index (χ1) is 9.09. The van der Waals surface area contributed by atoms with Crippen molar-refractivity contribution in [1.82, 2.24) is 4.72 Å². The second kappa shape index (κ2) is 6.45. The maximum atomic E-state index is 12.0. The Hall–Kier alpha value is -1.28. The molecule has 8 heteroatoms. The molecule has 1 unspecified atom stereocenters. The normalized spacial score (nSPS) is 14.2. The van der Waals surface area contributed by atoms with Crippen molar-refractivity contribution < 1.29 is 21.6 Å². The summed E-state index contributed by atoms with van der Waals surface area (Å²) in [6.45, 7) is 1.62. The van der Waals surface area contributed by atoms with E-state index in [9.17, 15) is 21.6 Å². The third-order valence-electron chi connectivity index (χ3n) is 2.67. The minimum atomic E-state index is -4.34. The summed E-state index contributed by atoms with van der Waals surface area (Å²) in [7, 11) is -3.74. The predicted octanol–water partition coefficient (Wildman–Crippen LogP) is 2.59. The van der Waals surface area contributed by atoms with Gasteiger partial charge >= 0.3 is 6.18 Å². The van der Waals surface area contributed by atoms with E-state index in [1.54, 1.807) is 31.2 Å². The van der Waals surface area contributed by atoms with Gasteiger partial charge < -0.3 is 5.73 Å². The molecule has 3 N–H and O–H groups in total. The third kappa shape index (κ3) is 6.25. The van der Waals surface area contributed by atoms with Crippen LogP contribution in [0.25, 0.3) is 0 Å². The number of nitrogen functional groups attached to an aromatic ring is 1. The lowest BCUT2D eigenvalue weighted by Crippen LogP contribution is -2.29. The third-order valence-corrected chi connectivity index (χ3v) is 4.20. The first kappa shape index (κ1) is 16.8. The Kier molecular flexibility index (Phi) is 5.41. The summed E-state index contributed by atoms with van der Waals surface area (Å²) < 4.78 is 61.6.